The Kier molecular flexibility index (Phi) is 4.71. The molecule has 1 aromatic heterocycles. The third-order valence-corrected chi connectivity index (χ3v) is 4.92. The van der Waals surface area contributed by atoms with Crippen molar-refractivity contribution in [2.45, 2.75) is 45.7 Å². The summed E-state index contributed by atoms with van der Waals surface area (Å²) >= 11 is 0. The van der Waals surface area contributed by atoms with Crippen molar-refractivity contribution in [3.8, 4) is 5.75 Å². The number of hydrogen-bond donors (Lipinski definition) is 1. The first-order valence-corrected chi connectivity index (χ1v) is 8.53. The molecule has 0 radical (unpaired) electrons. The van der Waals surface area contributed by atoms with Gasteiger partial charge in [0.05, 0.1) is 19.3 Å². The highest BCUT2D eigenvalue weighted by Gasteiger charge is 2.47. The molecule has 1 N–H and O–H groups in total. The van der Waals surface area contributed by atoms with E-state index < -0.39 is 5.54 Å². The van der Waals surface area contributed by atoms with Crippen LogP contribution in [-0.4, -0.2) is 34.6 Å². The highest BCUT2D eigenvalue weighted by molar-refractivity contribution is 6.06. The van der Waals surface area contributed by atoms with E-state index in [9.17, 15) is 9.59 Å². The molecule has 1 aromatic carbocycles. The van der Waals surface area contributed by atoms with Gasteiger partial charge in [-0.05, 0) is 51.3 Å². The Hall–Kier alpha value is -2.83. The van der Waals surface area contributed by atoms with Crippen LogP contribution in [-0.2, 0) is 17.8 Å². The van der Waals surface area contributed by atoms with Gasteiger partial charge in [0.25, 0.3) is 5.91 Å². The number of aryl methyl sites for hydroxylation is 3. The number of urea groups is 1. The molecule has 0 unspecified atom stereocenters. The van der Waals surface area contributed by atoms with Gasteiger partial charge >= 0.3 is 6.03 Å². The Balaban J connectivity index is 1.70. The monoisotopic (exact) mass is 357 g/mol. The number of carbonyl (C=O) groups is 2. The molecule has 2 heterocycles. The summed E-state index contributed by atoms with van der Waals surface area (Å²) < 4.78 is 10.3. The van der Waals surface area contributed by atoms with Gasteiger partial charge in [-0.3, -0.25) is 9.69 Å². The van der Waals surface area contributed by atoms with Crippen molar-refractivity contribution >= 4 is 11.9 Å². The van der Waals surface area contributed by atoms with E-state index in [1.54, 1.807) is 27.9 Å². The number of benzene rings is 1. The molecule has 3 rings (SSSR count). The number of ether oxygens (including phenoxy) is 1. The van der Waals surface area contributed by atoms with E-state index in [-0.39, 0.29) is 18.5 Å². The normalized spacial score (nSPS) is 19.8. The molecule has 7 heteroatoms. The van der Waals surface area contributed by atoms with Gasteiger partial charge in [0.2, 0.25) is 0 Å². The number of aromatic nitrogens is 1. The van der Waals surface area contributed by atoms with Crippen molar-refractivity contribution in [1.29, 1.82) is 0 Å². The van der Waals surface area contributed by atoms with Crippen LogP contribution in [0.2, 0.25) is 0 Å². The lowest BCUT2D eigenvalue weighted by Gasteiger charge is -2.21. The maximum absolute atomic E-state index is 12.9. The number of nitrogens with one attached hydrogen (secondary N) is 1. The molecular formula is C19H23N3O4. The van der Waals surface area contributed by atoms with E-state index in [1.165, 1.54) is 4.90 Å². The average molecular weight is 357 g/mol. The van der Waals surface area contributed by atoms with Gasteiger partial charge in [0.1, 0.15) is 17.0 Å². The fourth-order valence-electron chi connectivity index (χ4n) is 3.13. The first-order valence-electron chi connectivity index (χ1n) is 8.53. The Labute approximate surface area is 152 Å². The molecule has 0 spiro atoms. The Bertz CT molecular complexity index is 808. The number of amides is 3. The molecule has 26 heavy (non-hydrogen) atoms. The molecule has 0 saturated carbocycles. The van der Waals surface area contributed by atoms with Crippen LogP contribution >= 0.6 is 0 Å². The lowest BCUT2D eigenvalue weighted by atomic mass is 9.93. The smallest absolute Gasteiger partial charge is 0.325 e. The Morgan fingerprint density at radius 3 is 2.50 bits per heavy atom. The molecular weight excluding hydrogens is 334 g/mol. The maximum atomic E-state index is 12.9. The van der Waals surface area contributed by atoms with Crippen molar-refractivity contribution in [3.63, 3.8) is 0 Å². The van der Waals surface area contributed by atoms with Crippen LogP contribution in [0.4, 0.5) is 4.79 Å². The van der Waals surface area contributed by atoms with Gasteiger partial charge in [-0.25, -0.2) is 4.79 Å². The molecule has 0 bridgehead atoms. The fourth-order valence-corrected chi connectivity index (χ4v) is 3.13. The second-order valence-electron chi connectivity index (χ2n) is 6.80. The second kappa shape index (κ2) is 6.82. The molecule has 1 saturated heterocycles. The summed E-state index contributed by atoms with van der Waals surface area (Å²) in [6.45, 7) is 5.51. The lowest BCUT2D eigenvalue weighted by Crippen LogP contribution is -2.44. The van der Waals surface area contributed by atoms with Gasteiger partial charge in [0, 0.05) is 5.56 Å². The second-order valence-corrected chi connectivity index (χ2v) is 6.80. The number of imide groups is 1. The van der Waals surface area contributed by atoms with Crippen molar-refractivity contribution in [2.24, 2.45) is 0 Å². The summed E-state index contributed by atoms with van der Waals surface area (Å²) in [6, 6.07) is 7.32. The van der Waals surface area contributed by atoms with Crippen LogP contribution in [0.5, 0.6) is 5.75 Å². The first kappa shape index (κ1) is 18.0. The molecule has 0 aliphatic carbocycles. The number of carbonyl (C=O) groups excluding carboxylic acids is 2. The molecule has 138 valence electrons. The van der Waals surface area contributed by atoms with E-state index in [0.717, 1.165) is 16.9 Å². The lowest BCUT2D eigenvalue weighted by molar-refractivity contribution is -0.131. The quantitative estimate of drug-likeness (QED) is 0.804. The summed E-state index contributed by atoms with van der Waals surface area (Å²) in [4.78, 5) is 26.5. The molecule has 7 nitrogen and oxygen atoms in total. The van der Waals surface area contributed by atoms with Crippen molar-refractivity contribution in [3.05, 3.63) is 46.8 Å². The van der Waals surface area contributed by atoms with E-state index >= 15 is 0 Å². The van der Waals surface area contributed by atoms with Crippen molar-refractivity contribution in [2.75, 3.05) is 7.11 Å². The SMILES string of the molecule is COc1ccc(CC[C@@]2(C)NC(=O)N(Cc3c(C)noc3C)C2=O)cc1. The zero-order chi connectivity index (χ0) is 18.9. The average Bonchev–Trinajstić information content (AvgIpc) is 3.05. The highest BCUT2D eigenvalue weighted by Crippen LogP contribution is 2.26. The minimum absolute atomic E-state index is 0.171. The summed E-state index contributed by atoms with van der Waals surface area (Å²) in [7, 11) is 1.62. The van der Waals surface area contributed by atoms with Crippen LogP contribution in [0.25, 0.3) is 0 Å². The van der Waals surface area contributed by atoms with Gasteiger partial charge in [0.15, 0.2) is 0 Å². The Morgan fingerprint density at radius 2 is 1.92 bits per heavy atom. The molecule has 1 fully saturated rings. The van der Waals surface area contributed by atoms with E-state index in [4.69, 9.17) is 9.26 Å². The minimum Gasteiger partial charge on any atom is -0.497 e. The van der Waals surface area contributed by atoms with Crippen LogP contribution in [0, 0.1) is 13.8 Å². The summed E-state index contributed by atoms with van der Waals surface area (Å²) in [5.41, 5.74) is 1.62. The van der Waals surface area contributed by atoms with E-state index in [2.05, 4.69) is 10.5 Å². The third kappa shape index (κ3) is 3.29. The zero-order valence-corrected chi connectivity index (χ0v) is 15.5. The van der Waals surface area contributed by atoms with Crippen LogP contribution < -0.4 is 10.1 Å². The van der Waals surface area contributed by atoms with Crippen molar-refractivity contribution < 1.29 is 18.8 Å². The number of methoxy groups -OCH3 is 1. The van der Waals surface area contributed by atoms with Crippen molar-refractivity contribution in [1.82, 2.24) is 15.4 Å². The zero-order valence-electron chi connectivity index (χ0n) is 15.5. The van der Waals surface area contributed by atoms with Gasteiger partial charge in [-0.1, -0.05) is 17.3 Å². The maximum Gasteiger partial charge on any atom is 0.325 e. The van der Waals surface area contributed by atoms with Crippen LogP contribution in [0.3, 0.4) is 0 Å². The highest BCUT2D eigenvalue weighted by atomic mass is 16.5. The first-order chi connectivity index (χ1) is 12.3. The standard InChI is InChI=1S/C19H23N3O4/c1-12-16(13(2)26-21-12)11-22-17(23)19(3,20-18(22)24)10-9-14-5-7-15(25-4)8-6-14/h5-8H,9-11H2,1-4H3,(H,20,24)/t19-/m1/s1. The minimum atomic E-state index is -0.921. The molecule has 2 aromatic rings. The molecule has 1 aliphatic heterocycles. The van der Waals surface area contributed by atoms with Crippen LogP contribution in [0.15, 0.2) is 28.8 Å². The Morgan fingerprint density at radius 1 is 1.23 bits per heavy atom. The van der Waals surface area contributed by atoms with E-state index in [0.29, 0.717) is 24.3 Å². The fraction of sp³-hybridized carbons (Fsp3) is 0.421. The topological polar surface area (TPSA) is 84.7 Å². The number of hydrogen-bond acceptors (Lipinski definition) is 5. The van der Waals surface area contributed by atoms with Gasteiger partial charge in [-0.15, -0.1) is 0 Å². The summed E-state index contributed by atoms with van der Waals surface area (Å²) in [5, 5.41) is 6.72. The van der Waals surface area contributed by atoms with Gasteiger partial charge < -0.3 is 14.6 Å². The number of nitrogens with zero attached hydrogens (tertiary/aromatic N) is 2. The molecule has 1 atom stereocenters. The predicted molar refractivity (Wildman–Crippen MR) is 94.8 cm³/mol. The van der Waals surface area contributed by atoms with E-state index in [1.807, 2.05) is 24.3 Å². The third-order valence-electron chi connectivity index (χ3n) is 4.92. The number of rotatable bonds is 6. The largest absolute Gasteiger partial charge is 0.497 e. The molecule has 3 amide bonds. The van der Waals surface area contributed by atoms with Gasteiger partial charge in [-0.2, -0.15) is 0 Å². The summed E-state index contributed by atoms with van der Waals surface area (Å²) in [6.07, 6.45) is 1.19. The summed E-state index contributed by atoms with van der Waals surface area (Å²) in [5.74, 6) is 1.18. The predicted octanol–water partition coefficient (Wildman–Crippen LogP) is 2.74. The van der Waals surface area contributed by atoms with Crippen LogP contribution in [0.1, 0.15) is 35.9 Å². The molecule has 1 aliphatic rings.